The first-order chi connectivity index (χ1) is 13.6. The molecule has 3 aromatic rings. The molecular formula is C21H18N2O5. The van der Waals surface area contributed by atoms with Gasteiger partial charge in [-0.3, -0.25) is 4.79 Å². The van der Waals surface area contributed by atoms with Gasteiger partial charge in [0.15, 0.2) is 6.61 Å². The van der Waals surface area contributed by atoms with Crippen molar-refractivity contribution in [1.29, 1.82) is 0 Å². The average Bonchev–Trinajstić information content (AvgIpc) is 2.72. The second-order valence-corrected chi connectivity index (χ2v) is 5.85. The SMILES string of the molecule is COC(=O)COc1ccc(/C=N\NC(=O)c2cc3ccccc3cc2O)cc1. The smallest absolute Gasteiger partial charge is 0.343 e. The molecule has 3 rings (SSSR count). The van der Waals surface area contributed by atoms with E-state index in [0.29, 0.717) is 11.3 Å². The predicted molar refractivity (Wildman–Crippen MR) is 105 cm³/mol. The minimum absolute atomic E-state index is 0.112. The van der Waals surface area contributed by atoms with Gasteiger partial charge in [-0.1, -0.05) is 24.3 Å². The van der Waals surface area contributed by atoms with Crippen LogP contribution < -0.4 is 10.2 Å². The Kier molecular flexibility index (Phi) is 5.86. The van der Waals surface area contributed by atoms with Gasteiger partial charge in [0, 0.05) is 0 Å². The molecule has 0 bridgehead atoms. The van der Waals surface area contributed by atoms with Crippen LogP contribution in [-0.2, 0) is 9.53 Å². The highest BCUT2D eigenvalue weighted by atomic mass is 16.6. The normalized spacial score (nSPS) is 10.8. The molecule has 0 aromatic heterocycles. The number of carbonyl (C=O) groups excluding carboxylic acids is 2. The molecule has 0 aliphatic carbocycles. The van der Waals surface area contributed by atoms with Crippen molar-refractivity contribution in [1.82, 2.24) is 5.43 Å². The first-order valence-electron chi connectivity index (χ1n) is 8.41. The standard InChI is InChI=1S/C21H18N2O5/c1-27-20(25)13-28-17-8-6-14(7-9-17)12-22-23-21(26)18-10-15-4-2-3-5-16(15)11-19(18)24/h2-12,24H,13H2,1H3,(H,23,26)/b22-12-. The molecule has 0 spiro atoms. The van der Waals surface area contributed by atoms with E-state index in [4.69, 9.17) is 4.74 Å². The van der Waals surface area contributed by atoms with Crippen LogP contribution in [0.15, 0.2) is 65.8 Å². The van der Waals surface area contributed by atoms with Gasteiger partial charge in [-0.25, -0.2) is 10.2 Å². The van der Waals surface area contributed by atoms with Crippen molar-refractivity contribution in [3.8, 4) is 11.5 Å². The third-order valence-electron chi connectivity index (χ3n) is 3.95. The molecule has 0 heterocycles. The molecular weight excluding hydrogens is 360 g/mol. The summed E-state index contributed by atoms with van der Waals surface area (Å²) in [5, 5.41) is 15.7. The van der Waals surface area contributed by atoms with E-state index in [1.54, 1.807) is 36.4 Å². The zero-order chi connectivity index (χ0) is 19.9. The molecule has 0 unspecified atom stereocenters. The molecule has 28 heavy (non-hydrogen) atoms. The lowest BCUT2D eigenvalue weighted by atomic mass is 10.1. The number of hydrogen-bond donors (Lipinski definition) is 2. The Morgan fingerprint density at radius 1 is 1.07 bits per heavy atom. The van der Waals surface area contributed by atoms with Crippen LogP contribution in [0.1, 0.15) is 15.9 Å². The molecule has 0 fully saturated rings. The van der Waals surface area contributed by atoms with Gasteiger partial charge in [-0.05, 0) is 52.7 Å². The summed E-state index contributed by atoms with van der Waals surface area (Å²) >= 11 is 0. The van der Waals surface area contributed by atoms with Gasteiger partial charge in [-0.2, -0.15) is 5.10 Å². The number of carbonyl (C=O) groups is 2. The van der Waals surface area contributed by atoms with Crippen molar-refractivity contribution in [2.45, 2.75) is 0 Å². The fraction of sp³-hybridized carbons (Fsp3) is 0.0952. The van der Waals surface area contributed by atoms with Crippen LogP contribution in [-0.4, -0.2) is 36.9 Å². The maximum Gasteiger partial charge on any atom is 0.343 e. The number of phenols is 1. The zero-order valence-electron chi connectivity index (χ0n) is 15.1. The number of hydrazone groups is 1. The first-order valence-corrected chi connectivity index (χ1v) is 8.41. The Balaban J connectivity index is 1.62. The fourth-order valence-electron chi connectivity index (χ4n) is 2.49. The second-order valence-electron chi connectivity index (χ2n) is 5.85. The van der Waals surface area contributed by atoms with Gasteiger partial charge in [0.2, 0.25) is 0 Å². The summed E-state index contributed by atoms with van der Waals surface area (Å²) in [6.45, 7) is -0.171. The van der Waals surface area contributed by atoms with E-state index in [2.05, 4.69) is 15.3 Å². The summed E-state index contributed by atoms with van der Waals surface area (Å²) in [6.07, 6.45) is 1.46. The number of esters is 1. The van der Waals surface area contributed by atoms with Crippen molar-refractivity contribution >= 4 is 28.9 Å². The Morgan fingerprint density at radius 3 is 2.43 bits per heavy atom. The third-order valence-corrected chi connectivity index (χ3v) is 3.95. The topological polar surface area (TPSA) is 97.2 Å². The van der Waals surface area contributed by atoms with Crippen LogP contribution in [0.25, 0.3) is 10.8 Å². The molecule has 0 aliphatic rings. The van der Waals surface area contributed by atoms with Crippen LogP contribution in [0, 0.1) is 0 Å². The summed E-state index contributed by atoms with van der Waals surface area (Å²) in [5.74, 6) is -0.589. The maximum atomic E-state index is 12.3. The minimum Gasteiger partial charge on any atom is -0.507 e. The first kappa shape index (κ1) is 18.9. The third kappa shape index (κ3) is 4.64. The highest BCUT2D eigenvalue weighted by molar-refractivity contribution is 6.01. The van der Waals surface area contributed by atoms with Crippen molar-refractivity contribution in [2.24, 2.45) is 5.10 Å². The number of phenolic OH excluding ortho intramolecular Hbond substituents is 1. The number of nitrogens with zero attached hydrogens (tertiary/aromatic N) is 1. The van der Waals surface area contributed by atoms with E-state index in [1.807, 2.05) is 24.3 Å². The van der Waals surface area contributed by atoms with Crippen LogP contribution >= 0.6 is 0 Å². The Morgan fingerprint density at radius 2 is 1.75 bits per heavy atom. The monoisotopic (exact) mass is 378 g/mol. The molecule has 142 valence electrons. The molecule has 0 saturated heterocycles. The van der Waals surface area contributed by atoms with Crippen molar-refractivity contribution in [2.75, 3.05) is 13.7 Å². The number of aromatic hydroxyl groups is 1. The maximum absolute atomic E-state index is 12.3. The fourth-order valence-corrected chi connectivity index (χ4v) is 2.49. The number of fused-ring (bicyclic) bond motifs is 1. The van der Waals surface area contributed by atoms with Crippen molar-refractivity contribution in [3.63, 3.8) is 0 Å². The van der Waals surface area contributed by atoms with Crippen molar-refractivity contribution in [3.05, 3.63) is 71.8 Å². The van der Waals surface area contributed by atoms with Crippen LogP contribution in [0.2, 0.25) is 0 Å². The number of amides is 1. The molecule has 0 aliphatic heterocycles. The van der Waals surface area contributed by atoms with E-state index in [9.17, 15) is 14.7 Å². The Bertz CT molecular complexity index is 1030. The Hall–Kier alpha value is -3.87. The van der Waals surface area contributed by atoms with Gasteiger partial charge in [0.25, 0.3) is 5.91 Å². The molecule has 0 saturated carbocycles. The second kappa shape index (κ2) is 8.68. The van der Waals surface area contributed by atoms with Crippen molar-refractivity contribution < 1.29 is 24.2 Å². The zero-order valence-corrected chi connectivity index (χ0v) is 15.1. The average molecular weight is 378 g/mol. The summed E-state index contributed by atoms with van der Waals surface area (Å²) in [4.78, 5) is 23.3. The summed E-state index contributed by atoms with van der Waals surface area (Å²) in [6, 6.07) is 17.4. The highest BCUT2D eigenvalue weighted by Gasteiger charge is 2.11. The number of ether oxygens (including phenoxy) is 2. The number of nitrogens with one attached hydrogen (secondary N) is 1. The lowest BCUT2D eigenvalue weighted by molar-refractivity contribution is -0.142. The van der Waals surface area contributed by atoms with Gasteiger partial charge in [0.1, 0.15) is 11.5 Å². The number of benzene rings is 3. The number of hydrogen-bond acceptors (Lipinski definition) is 6. The van der Waals surface area contributed by atoms with E-state index in [0.717, 1.165) is 10.8 Å². The van der Waals surface area contributed by atoms with Gasteiger partial charge in [-0.15, -0.1) is 0 Å². The predicted octanol–water partition coefficient (Wildman–Crippen LogP) is 2.86. The molecule has 1 amide bonds. The quantitative estimate of drug-likeness (QED) is 0.391. The summed E-state index contributed by atoms with van der Waals surface area (Å²) < 4.78 is 9.74. The van der Waals surface area contributed by atoms with E-state index < -0.39 is 11.9 Å². The van der Waals surface area contributed by atoms with E-state index in [-0.39, 0.29) is 17.9 Å². The molecule has 3 aromatic carbocycles. The van der Waals surface area contributed by atoms with Crippen LogP contribution in [0.5, 0.6) is 11.5 Å². The number of methoxy groups -OCH3 is 1. The summed E-state index contributed by atoms with van der Waals surface area (Å²) in [7, 11) is 1.29. The highest BCUT2D eigenvalue weighted by Crippen LogP contribution is 2.24. The lowest BCUT2D eigenvalue weighted by Gasteiger charge is -2.06. The van der Waals surface area contributed by atoms with E-state index >= 15 is 0 Å². The van der Waals surface area contributed by atoms with Gasteiger partial charge < -0.3 is 14.6 Å². The molecule has 0 radical (unpaired) electrons. The van der Waals surface area contributed by atoms with Gasteiger partial charge >= 0.3 is 5.97 Å². The number of rotatable bonds is 6. The molecule has 0 atom stereocenters. The lowest BCUT2D eigenvalue weighted by Crippen LogP contribution is -2.17. The van der Waals surface area contributed by atoms with Crippen LogP contribution in [0.3, 0.4) is 0 Å². The van der Waals surface area contributed by atoms with E-state index in [1.165, 1.54) is 13.3 Å². The molecule has 7 nitrogen and oxygen atoms in total. The van der Waals surface area contributed by atoms with Gasteiger partial charge in [0.05, 0.1) is 18.9 Å². The largest absolute Gasteiger partial charge is 0.507 e. The van der Waals surface area contributed by atoms with Crippen LogP contribution in [0.4, 0.5) is 0 Å². The molecule has 7 heteroatoms. The Labute approximate surface area is 161 Å². The summed E-state index contributed by atoms with van der Waals surface area (Å²) in [5.41, 5.74) is 3.25. The molecule has 2 N–H and O–H groups in total. The minimum atomic E-state index is -0.516.